The number of amides is 1. The highest BCUT2D eigenvalue weighted by atomic mass is 32.2. The molecule has 0 spiro atoms. The number of nitrogens with one attached hydrogen (secondary N) is 1. The van der Waals surface area contributed by atoms with E-state index in [0.717, 1.165) is 0 Å². The highest BCUT2D eigenvalue weighted by Crippen LogP contribution is 2.25. The first-order valence-corrected chi connectivity index (χ1v) is 6.15. The SMILES string of the molecule is NNC(=O)c1coc(CSc2ccccc2F)c1. The molecule has 6 heteroatoms. The lowest BCUT2D eigenvalue weighted by atomic mass is 10.3. The number of thioether (sulfide) groups is 1. The van der Waals surface area contributed by atoms with Gasteiger partial charge in [0.25, 0.3) is 5.91 Å². The van der Waals surface area contributed by atoms with Crippen molar-refractivity contribution in [3.05, 3.63) is 53.7 Å². The topological polar surface area (TPSA) is 68.3 Å². The lowest BCUT2D eigenvalue weighted by Gasteiger charge is -2.00. The van der Waals surface area contributed by atoms with Crippen LogP contribution in [0.25, 0.3) is 0 Å². The Morgan fingerprint density at radius 1 is 1.44 bits per heavy atom. The molecule has 0 unspecified atom stereocenters. The summed E-state index contributed by atoms with van der Waals surface area (Å²) in [5.74, 6) is 5.35. The van der Waals surface area contributed by atoms with Crippen molar-refractivity contribution < 1.29 is 13.6 Å². The molecule has 18 heavy (non-hydrogen) atoms. The molecule has 0 aliphatic rings. The van der Waals surface area contributed by atoms with Crippen LogP contribution >= 0.6 is 11.8 Å². The van der Waals surface area contributed by atoms with E-state index in [9.17, 15) is 9.18 Å². The van der Waals surface area contributed by atoms with Crippen LogP contribution in [-0.4, -0.2) is 5.91 Å². The maximum absolute atomic E-state index is 13.3. The van der Waals surface area contributed by atoms with Crippen LogP contribution in [0.5, 0.6) is 0 Å². The summed E-state index contributed by atoms with van der Waals surface area (Å²) in [5, 5.41) is 0. The van der Waals surface area contributed by atoms with Gasteiger partial charge in [0.05, 0.1) is 11.3 Å². The monoisotopic (exact) mass is 266 g/mol. The molecule has 0 aliphatic heterocycles. The van der Waals surface area contributed by atoms with E-state index in [2.05, 4.69) is 0 Å². The number of halogens is 1. The second-order valence-electron chi connectivity index (χ2n) is 3.49. The Labute approximate surface area is 107 Å². The lowest BCUT2D eigenvalue weighted by molar-refractivity contribution is 0.0953. The Morgan fingerprint density at radius 3 is 2.94 bits per heavy atom. The summed E-state index contributed by atoms with van der Waals surface area (Å²) in [4.78, 5) is 11.7. The number of nitrogens with two attached hydrogens (primary N) is 1. The molecule has 2 rings (SSSR count). The quantitative estimate of drug-likeness (QED) is 0.385. The molecule has 0 saturated carbocycles. The number of rotatable bonds is 4. The third-order valence-corrected chi connectivity index (χ3v) is 3.32. The van der Waals surface area contributed by atoms with Gasteiger partial charge in [-0.3, -0.25) is 10.2 Å². The number of carbonyl (C=O) groups excluding carboxylic acids is 1. The van der Waals surface area contributed by atoms with Crippen molar-refractivity contribution in [1.29, 1.82) is 0 Å². The van der Waals surface area contributed by atoms with E-state index in [1.54, 1.807) is 24.3 Å². The van der Waals surface area contributed by atoms with Crippen molar-refractivity contribution in [2.45, 2.75) is 10.6 Å². The molecular weight excluding hydrogens is 255 g/mol. The lowest BCUT2D eigenvalue weighted by Crippen LogP contribution is -2.29. The summed E-state index contributed by atoms with van der Waals surface area (Å²) in [5.41, 5.74) is 2.36. The first-order chi connectivity index (χ1) is 8.70. The van der Waals surface area contributed by atoms with E-state index in [1.165, 1.54) is 24.1 Å². The third kappa shape index (κ3) is 2.91. The zero-order valence-electron chi connectivity index (χ0n) is 9.35. The number of furan rings is 1. The molecule has 1 heterocycles. The molecule has 0 saturated heterocycles. The Hall–Kier alpha value is -1.79. The van der Waals surface area contributed by atoms with Gasteiger partial charge >= 0.3 is 0 Å². The number of hydrogen-bond acceptors (Lipinski definition) is 4. The smallest absolute Gasteiger partial charge is 0.268 e. The predicted molar refractivity (Wildman–Crippen MR) is 66.3 cm³/mol. The van der Waals surface area contributed by atoms with Gasteiger partial charge in [0.15, 0.2) is 0 Å². The summed E-state index contributed by atoms with van der Waals surface area (Å²) in [6, 6.07) is 8.07. The van der Waals surface area contributed by atoms with E-state index in [1.807, 2.05) is 5.43 Å². The summed E-state index contributed by atoms with van der Waals surface area (Å²) in [6.45, 7) is 0. The van der Waals surface area contributed by atoms with E-state index in [-0.39, 0.29) is 5.82 Å². The molecule has 1 amide bonds. The first-order valence-electron chi connectivity index (χ1n) is 5.16. The van der Waals surface area contributed by atoms with Gasteiger partial charge < -0.3 is 4.42 Å². The van der Waals surface area contributed by atoms with Gasteiger partial charge in [-0.1, -0.05) is 12.1 Å². The van der Waals surface area contributed by atoms with Crippen LogP contribution in [0.15, 0.2) is 45.9 Å². The third-order valence-electron chi connectivity index (χ3n) is 2.25. The number of benzene rings is 1. The highest BCUT2D eigenvalue weighted by molar-refractivity contribution is 7.98. The van der Waals surface area contributed by atoms with Gasteiger partial charge in [-0.05, 0) is 18.2 Å². The van der Waals surface area contributed by atoms with Crippen LogP contribution in [0.1, 0.15) is 16.1 Å². The molecule has 3 N–H and O–H groups in total. The molecular formula is C12H11FN2O2S. The summed E-state index contributed by atoms with van der Waals surface area (Å²) < 4.78 is 18.5. The fraction of sp³-hybridized carbons (Fsp3) is 0.0833. The predicted octanol–water partition coefficient (Wildman–Crippen LogP) is 2.31. The average molecular weight is 266 g/mol. The molecule has 0 atom stereocenters. The van der Waals surface area contributed by atoms with Gasteiger partial charge in [-0.25, -0.2) is 10.2 Å². The molecule has 0 radical (unpaired) electrons. The number of hydrogen-bond donors (Lipinski definition) is 2. The van der Waals surface area contributed by atoms with E-state index in [0.29, 0.717) is 22.0 Å². The van der Waals surface area contributed by atoms with Gasteiger partial charge in [0.2, 0.25) is 0 Å². The second kappa shape index (κ2) is 5.70. The molecule has 0 fully saturated rings. The van der Waals surface area contributed by atoms with E-state index in [4.69, 9.17) is 10.3 Å². The number of nitrogen functional groups attached to an aromatic ring is 1. The van der Waals surface area contributed by atoms with Crippen LogP contribution in [0.3, 0.4) is 0 Å². The van der Waals surface area contributed by atoms with Gasteiger partial charge in [0, 0.05) is 4.90 Å². The fourth-order valence-electron chi connectivity index (χ4n) is 1.37. The Balaban J connectivity index is 2.01. The van der Waals surface area contributed by atoms with Crippen molar-refractivity contribution in [3.63, 3.8) is 0 Å². The maximum Gasteiger partial charge on any atom is 0.268 e. The Kier molecular flexibility index (Phi) is 4.01. The van der Waals surface area contributed by atoms with Crippen molar-refractivity contribution in [1.82, 2.24) is 5.43 Å². The summed E-state index contributed by atoms with van der Waals surface area (Å²) in [7, 11) is 0. The van der Waals surface area contributed by atoms with Crippen LogP contribution in [0.4, 0.5) is 4.39 Å². The van der Waals surface area contributed by atoms with Crippen LogP contribution in [0.2, 0.25) is 0 Å². The molecule has 94 valence electrons. The fourth-order valence-corrected chi connectivity index (χ4v) is 2.20. The minimum Gasteiger partial charge on any atom is -0.468 e. The van der Waals surface area contributed by atoms with Gasteiger partial charge in [0.1, 0.15) is 17.8 Å². The van der Waals surface area contributed by atoms with Crippen molar-refractivity contribution >= 4 is 17.7 Å². The molecule has 1 aromatic carbocycles. The van der Waals surface area contributed by atoms with Gasteiger partial charge in [-0.2, -0.15) is 0 Å². The molecule has 4 nitrogen and oxygen atoms in total. The van der Waals surface area contributed by atoms with Crippen molar-refractivity contribution in [3.8, 4) is 0 Å². The van der Waals surface area contributed by atoms with Crippen molar-refractivity contribution in [2.24, 2.45) is 5.84 Å². The average Bonchev–Trinajstić information content (AvgIpc) is 2.86. The molecule has 2 aromatic rings. The van der Waals surface area contributed by atoms with Crippen LogP contribution in [0, 0.1) is 5.82 Å². The normalized spacial score (nSPS) is 10.3. The maximum atomic E-state index is 13.3. The zero-order valence-corrected chi connectivity index (χ0v) is 10.2. The first kappa shape index (κ1) is 12.7. The van der Waals surface area contributed by atoms with Crippen LogP contribution < -0.4 is 11.3 Å². The second-order valence-corrected chi connectivity index (χ2v) is 4.51. The van der Waals surface area contributed by atoms with E-state index < -0.39 is 5.91 Å². The number of carbonyl (C=O) groups is 1. The van der Waals surface area contributed by atoms with E-state index >= 15 is 0 Å². The van der Waals surface area contributed by atoms with Gasteiger partial charge in [-0.15, -0.1) is 11.8 Å². The largest absolute Gasteiger partial charge is 0.468 e. The Bertz CT molecular complexity index is 557. The van der Waals surface area contributed by atoms with Crippen molar-refractivity contribution in [2.75, 3.05) is 0 Å². The van der Waals surface area contributed by atoms with Crippen LogP contribution in [-0.2, 0) is 5.75 Å². The summed E-state index contributed by atoms with van der Waals surface area (Å²) >= 11 is 1.30. The summed E-state index contributed by atoms with van der Waals surface area (Å²) in [6.07, 6.45) is 1.32. The molecule has 0 bridgehead atoms. The standard InChI is InChI=1S/C12H11FN2O2S/c13-10-3-1-2-4-11(10)18-7-9-5-8(6-17-9)12(16)15-14/h1-6H,7,14H2,(H,15,16). The Morgan fingerprint density at radius 2 is 2.22 bits per heavy atom. The minimum atomic E-state index is -0.416. The molecule has 1 aromatic heterocycles. The minimum absolute atomic E-state index is 0.269. The number of hydrazine groups is 1. The highest BCUT2D eigenvalue weighted by Gasteiger charge is 2.09. The zero-order chi connectivity index (χ0) is 13.0. The molecule has 0 aliphatic carbocycles.